The molecule has 2 nitrogen and oxygen atoms in total. The van der Waals surface area contributed by atoms with E-state index in [0.29, 0.717) is 4.32 Å². The number of nitrogens with zero attached hydrogens (tertiary/aromatic N) is 2. The van der Waals surface area contributed by atoms with Crippen molar-refractivity contribution in [1.82, 2.24) is 9.55 Å². The maximum atomic E-state index is 5.02. The van der Waals surface area contributed by atoms with E-state index in [2.05, 4.69) is 29.7 Å². The second kappa shape index (κ2) is 5.27. The van der Waals surface area contributed by atoms with E-state index in [4.69, 9.17) is 12.2 Å². The molecule has 2 rings (SSSR count). The van der Waals surface area contributed by atoms with Crippen LogP contribution in [0.1, 0.15) is 11.4 Å². The number of aromatic nitrogens is 2. The van der Waals surface area contributed by atoms with Gasteiger partial charge < -0.3 is 0 Å². The van der Waals surface area contributed by atoms with Crippen molar-refractivity contribution in [3.8, 4) is 0 Å². The first-order chi connectivity index (χ1) is 7.77. The fourth-order valence-corrected chi connectivity index (χ4v) is 1.94. The predicted molar refractivity (Wildman–Crippen MR) is 73.1 cm³/mol. The fraction of sp³-hybridized carbons (Fsp3) is 0.167. The minimum Gasteiger partial charge on any atom is -0.289 e. The Balaban J connectivity index is 2.05. The van der Waals surface area contributed by atoms with Gasteiger partial charge in [0.1, 0.15) is 10.1 Å². The summed E-state index contributed by atoms with van der Waals surface area (Å²) in [4.78, 5) is 4.28. The van der Waals surface area contributed by atoms with E-state index in [1.807, 2.05) is 29.0 Å². The van der Waals surface area contributed by atoms with Gasteiger partial charge in [0.2, 0.25) is 0 Å². The van der Waals surface area contributed by atoms with Gasteiger partial charge in [0, 0.05) is 18.8 Å². The smallest absolute Gasteiger partial charge is 0.142 e. The number of hydrogen-bond donors (Lipinski definition) is 1. The highest BCUT2D eigenvalue weighted by molar-refractivity contribution is 8.11. The number of thiocarbonyl (C=S) groups is 1. The molecule has 0 unspecified atom stereocenters. The highest BCUT2D eigenvalue weighted by Gasteiger charge is 2.04. The molecule has 2 aromatic rings. The molecule has 0 radical (unpaired) electrons. The largest absolute Gasteiger partial charge is 0.289 e. The molecule has 4 heteroatoms. The van der Waals surface area contributed by atoms with Crippen LogP contribution in [0.2, 0.25) is 0 Å². The lowest BCUT2D eigenvalue weighted by molar-refractivity contribution is 0.856. The topological polar surface area (TPSA) is 17.8 Å². The average Bonchev–Trinajstić information content (AvgIpc) is 2.76. The molecule has 1 heterocycles. The third-order valence-electron chi connectivity index (χ3n) is 2.40. The Labute approximate surface area is 106 Å². The van der Waals surface area contributed by atoms with Gasteiger partial charge >= 0.3 is 0 Å². The zero-order chi connectivity index (χ0) is 11.4. The molecule has 0 fully saturated rings. The molecule has 0 aliphatic carbocycles. The van der Waals surface area contributed by atoms with Crippen molar-refractivity contribution in [3.63, 3.8) is 0 Å². The Bertz CT molecular complexity index is 477. The highest BCUT2D eigenvalue weighted by atomic mass is 32.1. The Morgan fingerprint density at radius 1 is 1.25 bits per heavy atom. The van der Waals surface area contributed by atoms with Crippen LogP contribution in [0.4, 0.5) is 0 Å². The van der Waals surface area contributed by atoms with Crippen LogP contribution in [-0.4, -0.2) is 13.9 Å². The summed E-state index contributed by atoms with van der Waals surface area (Å²) in [6.45, 7) is 0. The molecule has 0 atom stereocenters. The van der Waals surface area contributed by atoms with Gasteiger partial charge in [-0.3, -0.25) is 4.57 Å². The Hall–Kier alpha value is -1.13. The van der Waals surface area contributed by atoms with Crippen molar-refractivity contribution in [2.45, 2.75) is 12.8 Å². The lowest BCUT2D eigenvalue weighted by atomic mass is 10.1. The van der Waals surface area contributed by atoms with Crippen LogP contribution in [-0.2, 0) is 12.8 Å². The van der Waals surface area contributed by atoms with Crippen LogP contribution >= 0.6 is 24.8 Å². The van der Waals surface area contributed by atoms with E-state index < -0.39 is 0 Å². The third-order valence-corrected chi connectivity index (χ3v) is 2.82. The maximum Gasteiger partial charge on any atom is 0.142 e. The van der Waals surface area contributed by atoms with Crippen LogP contribution in [0.15, 0.2) is 42.7 Å². The summed E-state index contributed by atoms with van der Waals surface area (Å²) < 4.78 is 2.38. The molecule has 1 aromatic heterocycles. The number of aryl methyl sites for hydroxylation is 2. The van der Waals surface area contributed by atoms with E-state index in [-0.39, 0.29) is 0 Å². The monoisotopic (exact) mass is 248 g/mol. The number of rotatable bonds is 3. The van der Waals surface area contributed by atoms with Crippen molar-refractivity contribution in [2.24, 2.45) is 0 Å². The predicted octanol–water partition coefficient (Wildman–Crippen LogP) is 2.73. The van der Waals surface area contributed by atoms with Gasteiger partial charge in [-0.15, -0.1) is 12.6 Å². The SMILES string of the molecule is S=C(S)n1ccnc1CCc1ccccc1. The molecule has 0 saturated heterocycles. The van der Waals surface area contributed by atoms with Crippen molar-refractivity contribution in [2.75, 3.05) is 0 Å². The highest BCUT2D eigenvalue weighted by Crippen LogP contribution is 2.07. The third kappa shape index (κ3) is 2.71. The molecule has 0 saturated carbocycles. The second-order valence-corrected chi connectivity index (χ2v) is 4.59. The minimum atomic E-state index is 0.542. The first kappa shape index (κ1) is 11.4. The zero-order valence-electron chi connectivity index (χ0n) is 8.71. The molecule has 0 amide bonds. The van der Waals surface area contributed by atoms with Gasteiger partial charge in [0.15, 0.2) is 0 Å². The van der Waals surface area contributed by atoms with Gasteiger partial charge in [-0.05, 0) is 12.0 Å². The summed E-state index contributed by atoms with van der Waals surface area (Å²) in [5.41, 5.74) is 1.31. The number of imidazole rings is 1. The molecule has 0 N–H and O–H groups in total. The summed E-state index contributed by atoms with van der Waals surface area (Å²) in [6, 6.07) is 10.3. The molecule has 82 valence electrons. The van der Waals surface area contributed by atoms with E-state index in [1.165, 1.54) is 5.56 Å². The summed E-state index contributed by atoms with van der Waals surface area (Å²) in [6.07, 6.45) is 5.43. The Kier molecular flexibility index (Phi) is 3.74. The van der Waals surface area contributed by atoms with Crippen molar-refractivity contribution in [1.29, 1.82) is 0 Å². The Morgan fingerprint density at radius 3 is 2.69 bits per heavy atom. The van der Waals surface area contributed by atoms with E-state index in [0.717, 1.165) is 18.7 Å². The molecule has 0 aliphatic heterocycles. The van der Waals surface area contributed by atoms with Crippen LogP contribution in [0.5, 0.6) is 0 Å². The number of hydrogen-bond acceptors (Lipinski definition) is 2. The molecule has 0 bridgehead atoms. The van der Waals surface area contributed by atoms with Gasteiger partial charge in [0.25, 0.3) is 0 Å². The van der Waals surface area contributed by atoms with Crippen molar-refractivity contribution >= 4 is 29.2 Å². The van der Waals surface area contributed by atoms with E-state index in [9.17, 15) is 0 Å². The van der Waals surface area contributed by atoms with E-state index >= 15 is 0 Å². The zero-order valence-corrected chi connectivity index (χ0v) is 10.4. The van der Waals surface area contributed by atoms with Crippen LogP contribution in [0, 0.1) is 0 Å². The second-order valence-electron chi connectivity index (χ2n) is 3.48. The lowest BCUT2D eigenvalue weighted by Crippen LogP contribution is -2.07. The molecular formula is C12H12N2S2. The fourth-order valence-electron chi connectivity index (χ4n) is 1.59. The molecular weight excluding hydrogens is 236 g/mol. The van der Waals surface area contributed by atoms with Crippen LogP contribution in [0.3, 0.4) is 0 Å². The Morgan fingerprint density at radius 2 is 2.00 bits per heavy atom. The first-order valence-electron chi connectivity index (χ1n) is 5.07. The average molecular weight is 248 g/mol. The van der Waals surface area contributed by atoms with Gasteiger partial charge in [0.05, 0.1) is 0 Å². The number of thiol groups is 1. The normalized spacial score (nSPS) is 10.3. The molecule has 1 aromatic carbocycles. The standard InChI is InChI=1S/C12H12N2S2/c15-12(16)14-9-8-13-11(14)7-6-10-4-2-1-3-5-10/h1-5,8-9H,6-7H2,(H,15,16). The lowest BCUT2D eigenvalue weighted by Gasteiger charge is -2.04. The minimum absolute atomic E-state index is 0.542. The summed E-state index contributed by atoms with van der Waals surface area (Å²) in [7, 11) is 0. The van der Waals surface area contributed by atoms with Gasteiger partial charge in [-0.25, -0.2) is 4.98 Å². The van der Waals surface area contributed by atoms with Gasteiger partial charge in [-0.1, -0.05) is 42.5 Å². The van der Waals surface area contributed by atoms with Crippen molar-refractivity contribution < 1.29 is 0 Å². The molecule has 0 spiro atoms. The van der Waals surface area contributed by atoms with Crippen LogP contribution < -0.4 is 0 Å². The quantitative estimate of drug-likeness (QED) is 0.665. The number of benzene rings is 1. The van der Waals surface area contributed by atoms with Crippen molar-refractivity contribution in [3.05, 3.63) is 54.1 Å². The van der Waals surface area contributed by atoms with Gasteiger partial charge in [-0.2, -0.15) is 0 Å². The van der Waals surface area contributed by atoms with E-state index in [1.54, 1.807) is 6.20 Å². The summed E-state index contributed by atoms with van der Waals surface area (Å²) >= 11 is 9.18. The summed E-state index contributed by atoms with van der Waals surface area (Å²) in [5, 5.41) is 0. The molecule has 16 heavy (non-hydrogen) atoms. The summed E-state index contributed by atoms with van der Waals surface area (Å²) in [5.74, 6) is 0.962. The first-order valence-corrected chi connectivity index (χ1v) is 5.92. The van der Waals surface area contributed by atoms with Crippen LogP contribution in [0.25, 0.3) is 0 Å². The molecule has 0 aliphatic rings. The maximum absolute atomic E-state index is 5.02.